The van der Waals surface area contributed by atoms with E-state index in [0.717, 1.165) is 38.4 Å². The van der Waals surface area contributed by atoms with Crippen molar-refractivity contribution in [2.75, 3.05) is 57.8 Å². The Morgan fingerprint density at radius 1 is 0.969 bits per heavy atom. The lowest BCUT2D eigenvalue weighted by molar-refractivity contribution is -0.146. The first-order valence-corrected chi connectivity index (χ1v) is 11.2. The van der Waals surface area contributed by atoms with Crippen molar-refractivity contribution in [1.29, 1.82) is 0 Å². The largest absolute Gasteiger partial charge is 0.469 e. The lowest BCUT2D eigenvalue weighted by atomic mass is 9.88. The fraction of sp³-hybridized carbons (Fsp3) is 0.440. The predicted octanol–water partition coefficient (Wildman–Crippen LogP) is 2.75. The Balaban J connectivity index is 1.39. The minimum atomic E-state index is -0.494. The number of halogens is 1. The van der Waals surface area contributed by atoms with Gasteiger partial charge in [0, 0.05) is 57.4 Å². The molecule has 2 saturated heterocycles. The number of anilines is 1. The van der Waals surface area contributed by atoms with Crippen molar-refractivity contribution in [1.82, 2.24) is 9.80 Å². The molecular formula is C25H30FN3O3. The molecule has 0 unspecified atom stereocenters. The van der Waals surface area contributed by atoms with Crippen molar-refractivity contribution in [2.45, 2.75) is 12.3 Å². The lowest BCUT2D eigenvalue weighted by Crippen LogP contribution is -2.48. The Hall–Kier alpha value is -2.93. The molecule has 4 rings (SSSR count). The molecule has 2 aromatic rings. The van der Waals surface area contributed by atoms with E-state index in [-0.39, 0.29) is 24.1 Å². The van der Waals surface area contributed by atoms with Crippen molar-refractivity contribution in [3.05, 3.63) is 66.0 Å². The molecule has 0 saturated carbocycles. The van der Waals surface area contributed by atoms with Crippen LogP contribution in [-0.2, 0) is 14.3 Å². The maximum Gasteiger partial charge on any atom is 0.315 e. The van der Waals surface area contributed by atoms with Gasteiger partial charge in [-0.1, -0.05) is 30.3 Å². The van der Waals surface area contributed by atoms with Crippen LogP contribution in [0.25, 0.3) is 0 Å². The first-order chi connectivity index (χ1) is 15.5. The standard InChI is InChI=1S/C25H30FN3O3/c1-32-25(31)15-24(30)29-17-20(23(18-29)19-5-3-2-4-6-19)16-27-11-13-28(14-12-27)22-9-7-21(26)8-10-22/h2-10,20,23H,11-18H2,1H3/t20-,23+/m0/s1. The number of ether oxygens (including phenoxy) is 1. The molecule has 2 heterocycles. The van der Waals surface area contributed by atoms with Crippen LogP contribution >= 0.6 is 0 Å². The molecule has 0 bridgehead atoms. The average Bonchev–Trinajstić information content (AvgIpc) is 3.24. The second-order valence-corrected chi connectivity index (χ2v) is 8.59. The summed E-state index contributed by atoms with van der Waals surface area (Å²) in [6, 6.07) is 17.0. The highest BCUT2D eigenvalue weighted by molar-refractivity contribution is 5.94. The monoisotopic (exact) mass is 439 g/mol. The number of esters is 1. The first-order valence-electron chi connectivity index (χ1n) is 11.2. The molecule has 0 N–H and O–H groups in total. The maximum atomic E-state index is 13.2. The zero-order valence-corrected chi connectivity index (χ0v) is 18.5. The predicted molar refractivity (Wildman–Crippen MR) is 121 cm³/mol. The molecular weight excluding hydrogens is 409 g/mol. The van der Waals surface area contributed by atoms with Gasteiger partial charge in [0.1, 0.15) is 12.2 Å². The van der Waals surface area contributed by atoms with Crippen molar-refractivity contribution < 1.29 is 18.7 Å². The van der Waals surface area contributed by atoms with Gasteiger partial charge in [0.15, 0.2) is 0 Å². The molecule has 0 radical (unpaired) electrons. The van der Waals surface area contributed by atoms with Crippen LogP contribution in [0.2, 0.25) is 0 Å². The molecule has 2 aromatic carbocycles. The van der Waals surface area contributed by atoms with Crippen LogP contribution in [0.15, 0.2) is 54.6 Å². The molecule has 1 amide bonds. The lowest BCUT2D eigenvalue weighted by Gasteiger charge is -2.37. The van der Waals surface area contributed by atoms with E-state index in [1.807, 2.05) is 35.2 Å². The third kappa shape index (κ3) is 5.27. The number of likely N-dealkylation sites (tertiary alicyclic amines) is 1. The number of nitrogens with zero attached hydrogens (tertiary/aromatic N) is 3. The molecule has 170 valence electrons. The smallest absolute Gasteiger partial charge is 0.315 e. The van der Waals surface area contributed by atoms with Gasteiger partial charge in [-0.05, 0) is 35.7 Å². The zero-order valence-electron chi connectivity index (χ0n) is 18.5. The molecule has 2 aliphatic rings. The summed E-state index contributed by atoms with van der Waals surface area (Å²) in [4.78, 5) is 30.8. The average molecular weight is 440 g/mol. The van der Waals surface area contributed by atoms with Crippen LogP contribution in [0.3, 0.4) is 0 Å². The van der Waals surface area contributed by atoms with E-state index in [9.17, 15) is 14.0 Å². The Kier molecular flexibility index (Phi) is 7.05. The minimum absolute atomic E-state index is 0.165. The molecule has 2 aliphatic heterocycles. The van der Waals surface area contributed by atoms with Gasteiger partial charge >= 0.3 is 5.97 Å². The molecule has 7 heteroatoms. The first kappa shape index (κ1) is 22.3. The van der Waals surface area contributed by atoms with Gasteiger partial charge in [0.2, 0.25) is 5.91 Å². The summed E-state index contributed by atoms with van der Waals surface area (Å²) in [6.45, 7) is 5.79. The number of carbonyl (C=O) groups is 2. The number of methoxy groups -OCH3 is 1. The van der Waals surface area contributed by atoms with Crippen LogP contribution in [0.4, 0.5) is 10.1 Å². The molecule has 32 heavy (non-hydrogen) atoms. The van der Waals surface area contributed by atoms with E-state index in [2.05, 4.69) is 26.7 Å². The minimum Gasteiger partial charge on any atom is -0.469 e. The molecule has 2 atom stereocenters. The van der Waals surface area contributed by atoms with E-state index in [1.165, 1.54) is 24.8 Å². The van der Waals surface area contributed by atoms with Crippen LogP contribution < -0.4 is 4.90 Å². The molecule has 2 fully saturated rings. The fourth-order valence-corrected chi connectivity index (χ4v) is 4.82. The van der Waals surface area contributed by atoms with Gasteiger partial charge in [-0.3, -0.25) is 14.5 Å². The zero-order chi connectivity index (χ0) is 22.5. The van der Waals surface area contributed by atoms with Crippen LogP contribution in [-0.4, -0.2) is 74.6 Å². The third-order valence-electron chi connectivity index (χ3n) is 6.60. The van der Waals surface area contributed by atoms with Crippen LogP contribution in [0.1, 0.15) is 17.9 Å². The summed E-state index contributed by atoms with van der Waals surface area (Å²) in [5.41, 5.74) is 2.28. The normalized spacial score (nSPS) is 21.6. The topological polar surface area (TPSA) is 53.1 Å². The third-order valence-corrected chi connectivity index (χ3v) is 6.60. The fourth-order valence-electron chi connectivity index (χ4n) is 4.82. The summed E-state index contributed by atoms with van der Waals surface area (Å²) in [7, 11) is 1.31. The number of rotatable bonds is 6. The van der Waals surface area contributed by atoms with Crippen molar-refractivity contribution >= 4 is 17.6 Å². The highest BCUT2D eigenvalue weighted by atomic mass is 19.1. The second kappa shape index (κ2) is 10.1. The van der Waals surface area contributed by atoms with Crippen molar-refractivity contribution in [3.8, 4) is 0 Å². The Morgan fingerprint density at radius 2 is 1.66 bits per heavy atom. The van der Waals surface area contributed by atoms with E-state index in [4.69, 9.17) is 0 Å². The SMILES string of the molecule is COC(=O)CC(=O)N1C[C@H](CN2CCN(c3ccc(F)cc3)CC2)[C@@H](c2ccccc2)C1. The van der Waals surface area contributed by atoms with E-state index < -0.39 is 5.97 Å². The highest BCUT2D eigenvalue weighted by Crippen LogP contribution is 2.34. The number of piperazine rings is 1. The maximum absolute atomic E-state index is 13.2. The van der Waals surface area contributed by atoms with Crippen LogP contribution in [0, 0.1) is 11.7 Å². The summed E-state index contributed by atoms with van der Waals surface area (Å²) in [5.74, 6) is -0.329. The van der Waals surface area contributed by atoms with Gasteiger partial charge in [-0.15, -0.1) is 0 Å². The summed E-state index contributed by atoms with van der Waals surface area (Å²) >= 11 is 0. The number of amides is 1. The van der Waals surface area contributed by atoms with Gasteiger partial charge in [-0.25, -0.2) is 4.39 Å². The Bertz CT molecular complexity index is 914. The molecule has 6 nitrogen and oxygen atoms in total. The number of hydrogen-bond donors (Lipinski definition) is 0. The number of benzene rings is 2. The number of carbonyl (C=O) groups excluding carboxylic acids is 2. The summed E-state index contributed by atoms with van der Waals surface area (Å²) in [5, 5.41) is 0. The van der Waals surface area contributed by atoms with Gasteiger partial charge in [0.25, 0.3) is 0 Å². The van der Waals surface area contributed by atoms with Gasteiger partial charge in [0.05, 0.1) is 7.11 Å². The van der Waals surface area contributed by atoms with Gasteiger partial charge in [-0.2, -0.15) is 0 Å². The highest BCUT2D eigenvalue weighted by Gasteiger charge is 2.37. The van der Waals surface area contributed by atoms with Crippen LogP contribution in [0.5, 0.6) is 0 Å². The Labute approximate surface area is 188 Å². The quantitative estimate of drug-likeness (QED) is 0.512. The molecule has 0 spiro atoms. The van der Waals surface area contributed by atoms with E-state index >= 15 is 0 Å². The van der Waals surface area contributed by atoms with Gasteiger partial charge < -0.3 is 14.5 Å². The summed E-state index contributed by atoms with van der Waals surface area (Å²) in [6.07, 6.45) is -0.207. The van der Waals surface area contributed by atoms with Crippen molar-refractivity contribution in [2.24, 2.45) is 5.92 Å². The molecule has 0 aliphatic carbocycles. The second-order valence-electron chi connectivity index (χ2n) is 8.59. The van der Waals surface area contributed by atoms with Crippen molar-refractivity contribution in [3.63, 3.8) is 0 Å². The molecule has 0 aromatic heterocycles. The number of hydrogen-bond acceptors (Lipinski definition) is 5. The van der Waals surface area contributed by atoms with E-state index in [1.54, 1.807) is 0 Å². The Morgan fingerprint density at radius 3 is 2.31 bits per heavy atom. The summed E-state index contributed by atoms with van der Waals surface area (Å²) < 4.78 is 17.9. The van der Waals surface area contributed by atoms with E-state index in [0.29, 0.717) is 19.0 Å².